The number of hydrogen-bond acceptors (Lipinski definition) is 4. The summed E-state index contributed by atoms with van der Waals surface area (Å²) >= 11 is 3.44. The van der Waals surface area contributed by atoms with Crippen LogP contribution in [0.4, 0.5) is 0 Å². The summed E-state index contributed by atoms with van der Waals surface area (Å²) in [5.41, 5.74) is 2.11. The number of amides is 1. The number of hydrogen-bond donors (Lipinski definition) is 1. The Morgan fingerprint density at radius 1 is 1.21 bits per heavy atom. The number of carbonyl (C=O) groups is 2. The van der Waals surface area contributed by atoms with Gasteiger partial charge in [-0.3, -0.25) is 14.6 Å². The number of nitrogens with zero attached hydrogens (tertiary/aromatic N) is 2. The Kier molecular flexibility index (Phi) is 6.29. The number of halogens is 1. The summed E-state index contributed by atoms with van der Waals surface area (Å²) in [6, 6.07) is 10.0. The minimum Gasteiger partial charge on any atom is -0.507 e. The van der Waals surface area contributed by atoms with Gasteiger partial charge in [-0.2, -0.15) is 0 Å². The first kappa shape index (κ1) is 20.3. The van der Waals surface area contributed by atoms with Crippen molar-refractivity contribution >= 4 is 33.4 Å². The van der Waals surface area contributed by atoms with Gasteiger partial charge in [0.25, 0.3) is 11.7 Å². The molecule has 0 spiro atoms. The molecule has 0 saturated carbocycles. The third kappa shape index (κ3) is 3.87. The maximum absolute atomic E-state index is 12.9. The van der Waals surface area contributed by atoms with Crippen LogP contribution in [0, 0.1) is 6.92 Å². The number of aliphatic hydroxyl groups is 1. The average molecular weight is 443 g/mol. The van der Waals surface area contributed by atoms with Gasteiger partial charge in [-0.05, 0) is 43.2 Å². The molecule has 1 aliphatic heterocycles. The zero-order valence-electron chi connectivity index (χ0n) is 16.0. The van der Waals surface area contributed by atoms with Gasteiger partial charge in [0.05, 0.1) is 11.3 Å². The Morgan fingerprint density at radius 3 is 2.64 bits per heavy atom. The summed E-state index contributed by atoms with van der Waals surface area (Å²) in [5, 5.41) is 11.0. The highest BCUT2D eigenvalue weighted by atomic mass is 79.9. The fourth-order valence-electron chi connectivity index (χ4n) is 3.44. The topological polar surface area (TPSA) is 70.5 Å². The molecule has 1 fully saturated rings. The van der Waals surface area contributed by atoms with Crippen molar-refractivity contribution in [1.29, 1.82) is 0 Å². The van der Waals surface area contributed by atoms with Crippen LogP contribution < -0.4 is 0 Å². The lowest BCUT2D eigenvalue weighted by atomic mass is 9.97. The molecule has 6 heteroatoms. The van der Waals surface area contributed by atoms with Crippen molar-refractivity contribution < 1.29 is 14.7 Å². The quantitative estimate of drug-likeness (QED) is 0.302. The normalized spacial score (nSPS) is 18.7. The lowest BCUT2D eigenvalue weighted by Crippen LogP contribution is -2.31. The molecule has 1 saturated heterocycles. The zero-order valence-corrected chi connectivity index (χ0v) is 17.6. The van der Waals surface area contributed by atoms with Gasteiger partial charge in [0.15, 0.2) is 0 Å². The van der Waals surface area contributed by atoms with E-state index in [1.165, 1.54) is 4.90 Å². The Bertz CT molecular complexity index is 925. The predicted octanol–water partition coefficient (Wildman–Crippen LogP) is 4.76. The van der Waals surface area contributed by atoms with Crippen molar-refractivity contribution in [2.45, 2.75) is 39.2 Å². The van der Waals surface area contributed by atoms with Crippen LogP contribution in [0.25, 0.3) is 5.76 Å². The molecule has 3 rings (SSSR count). The lowest BCUT2D eigenvalue weighted by molar-refractivity contribution is -0.140. The molecule has 5 nitrogen and oxygen atoms in total. The van der Waals surface area contributed by atoms with Crippen LogP contribution in [0.5, 0.6) is 0 Å². The van der Waals surface area contributed by atoms with Crippen molar-refractivity contribution in [2.24, 2.45) is 0 Å². The fraction of sp³-hybridized carbons (Fsp3) is 0.318. The van der Waals surface area contributed by atoms with Gasteiger partial charge >= 0.3 is 0 Å². The number of benzene rings is 1. The molecule has 1 aliphatic rings. The number of unbranched alkanes of at least 4 members (excludes halogenated alkanes) is 2. The van der Waals surface area contributed by atoms with Crippen LogP contribution in [0.3, 0.4) is 0 Å². The number of pyridine rings is 1. The maximum atomic E-state index is 12.9. The molecule has 0 aliphatic carbocycles. The average Bonchev–Trinajstić information content (AvgIpc) is 2.95. The van der Waals surface area contributed by atoms with E-state index in [1.54, 1.807) is 30.5 Å². The summed E-state index contributed by atoms with van der Waals surface area (Å²) in [6.45, 7) is 4.44. The molecule has 1 atom stereocenters. The summed E-state index contributed by atoms with van der Waals surface area (Å²) in [4.78, 5) is 31.5. The second-order valence-electron chi connectivity index (χ2n) is 6.92. The van der Waals surface area contributed by atoms with E-state index >= 15 is 0 Å². The van der Waals surface area contributed by atoms with Crippen molar-refractivity contribution in [3.05, 3.63) is 69.5 Å². The number of rotatable bonds is 6. The highest BCUT2D eigenvalue weighted by molar-refractivity contribution is 9.10. The van der Waals surface area contributed by atoms with Crippen LogP contribution in [0.2, 0.25) is 0 Å². The maximum Gasteiger partial charge on any atom is 0.295 e. The van der Waals surface area contributed by atoms with Gasteiger partial charge in [-0.15, -0.1) is 0 Å². The standard InChI is InChI=1S/C22H23BrN2O3/c1-3-4-7-12-25-19(17-8-5-6-11-24-17)18(21(27)22(25)28)20(26)15-9-10-16(23)14(2)13-15/h5-6,8-11,13,19,26H,3-4,7,12H2,1-2H3/b20-18-. The SMILES string of the molecule is CCCCCN1C(=O)C(=O)/C(=C(\O)c2ccc(Br)c(C)c2)C1c1ccccn1. The smallest absolute Gasteiger partial charge is 0.295 e. The van der Waals surface area contributed by atoms with Crippen LogP contribution in [0.15, 0.2) is 52.6 Å². The molecule has 1 amide bonds. The molecule has 1 aromatic carbocycles. The largest absolute Gasteiger partial charge is 0.507 e. The van der Waals surface area contributed by atoms with Gasteiger partial charge in [0.1, 0.15) is 11.8 Å². The second-order valence-corrected chi connectivity index (χ2v) is 7.77. The number of aromatic nitrogens is 1. The summed E-state index contributed by atoms with van der Waals surface area (Å²) in [7, 11) is 0. The number of carbonyl (C=O) groups excluding carboxylic acids is 2. The molecule has 1 N–H and O–H groups in total. The van der Waals surface area contributed by atoms with E-state index in [0.717, 1.165) is 29.3 Å². The predicted molar refractivity (Wildman–Crippen MR) is 112 cm³/mol. The van der Waals surface area contributed by atoms with Crippen molar-refractivity contribution in [1.82, 2.24) is 9.88 Å². The minimum atomic E-state index is -0.679. The Balaban J connectivity index is 2.12. The van der Waals surface area contributed by atoms with Crippen LogP contribution >= 0.6 is 15.9 Å². The van der Waals surface area contributed by atoms with Crippen LogP contribution in [-0.2, 0) is 9.59 Å². The molecule has 0 bridgehead atoms. The van der Waals surface area contributed by atoms with E-state index in [2.05, 4.69) is 27.8 Å². The van der Waals surface area contributed by atoms with Crippen LogP contribution in [0.1, 0.15) is 49.0 Å². The van der Waals surface area contributed by atoms with Crippen molar-refractivity contribution in [3.8, 4) is 0 Å². The van der Waals surface area contributed by atoms with E-state index in [0.29, 0.717) is 17.8 Å². The second kappa shape index (κ2) is 8.69. The molecule has 146 valence electrons. The van der Waals surface area contributed by atoms with Gasteiger partial charge in [0, 0.05) is 22.8 Å². The lowest BCUT2D eigenvalue weighted by Gasteiger charge is -2.24. The number of aliphatic hydroxyl groups excluding tert-OH is 1. The van der Waals surface area contributed by atoms with E-state index in [-0.39, 0.29) is 11.3 Å². The van der Waals surface area contributed by atoms with E-state index < -0.39 is 17.7 Å². The van der Waals surface area contributed by atoms with Crippen molar-refractivity contribution in [2.75, 3.05) is 6.54 Å². The Labute approximate surface area is 173 Å². The van der Waals surface area contributed by atoms with Gasteiger partial charge in [0.2, 0.25) is 0 Å². The number of likely N-dealkylation sites (tertiary alicyclic amines) is 1. The number of ketones is 1. The number of Topliss-reactive ketones (excluding diaryl/α,β-unsaturated/α-hetero) is 1. The monoisotopic (exact) mass is 442 g/mol. The first-order chi connectivity index (χ1) is 13.5. The summed E-state index contributed by atoms with van der Waals surface area (Å²) in [6.07, 6.45) is 4.40. The van der Waals surface area contributed by atoms with Crippen LogP contribution in [-0.4, -0.2) is 33.2 Å². The van der Waals surface area contributed by atoms with E-state index in [1.807, 2.05) is 19.1 Å². The molecular formula is C22H23BrN2O3. The summed E-state index contributed by atoms with van der Waals surface area (Å²) < 4.78 is 0.908. The highest BCUT2D eigenvalue weighted by Crippen LogP contribution is 2.39. The molecule has 1 unspecified atom stereocenters. The van der Waals surface area contributed by atoms with Gasteiger partial charge < -0.3 is 10.0 Å². The minimum absolute atomic E-state index is 0.0990. The third-order valence-corrected chi connectivity index (χ3v) is 5.83. The zero-order chi connectivity index (χ0) is 20.3. The van der Waals surface area contributed by atoms with E-state index in [4.69, 9.17) is 0 Å². The van der Waals surface area contributed by atoms with Gasteiger partial charge in [-0.1, -0.05) is 47.8 Å². The molecule has 1 aromatic heterocycles. The first-order valence-corrected chi connectivity index (χ1v) is 10.2. The molecule has 0 radical (unpaired) electrons. The Hall–Kier alpha value is -2.47. The molecule has 28 heavy (non-hydrogen) atoms. The van der Waals surface area contributed by atoms with Gasteiger partial charge in [-0.25, -0.2) is 0 Å². The van der Waals surface area contributed by atoms with E-state index in [9.17, 15) is 14.7 Å². The third-order valence-electron chi connectivity index (χ3n) is 4.94. The van der Waals surface area contributed by atoms with Crippen molar-refractivity contribution in [3.63, 3.8) is 0 Å². The first-order valence-electron chi connectivity index (χ1n) is 9.41. The Morgan fingerprint density at radius 2 is 2.00 bits per heavy atom. The molecule has 2 aromatic rings. The summed E-state index contributed by atoms with van der Waals surface area (Å²) in [5.74, 6) is -1.41. The number of aryl methyl sites for hydroxylation is 1. The molecule has 2 heterocycles. The highest BCUT2D eigenvalue weighted by Gasteiger charge is 2.46. The molecular weight excluding hydrogens is 420 g/mol. The fourth-order valence-corrected chi connectivity index (χ4v) is 3.68.